The first-order valence-electron chi connectivity index (χ1n) is 10.0. The van der Waals surface area contributed by atoms with Crippen LogP contribution in [0.25, 0.3) is 11.3 Å². The van der Waals surface area contributed by atoms with Crippen molar-refractivity contribution in [3.8, 4) is 11.3 Å². The molecule has 0 aliphatic rings. The quantitative estimate of drug-likeness (QED) is 0.367. The van der Waals surface area contributed by atoms with Gasteiger partial charge in [-0.2, -0.15) is 0 Å². The second kappa shape index (κ2) is 11.2. The summed E-state index contributed by atoms with van der Waals surface area (Å²) < 4.78 is 0. The van der Waals surface area contributed by atoms with Crippen molar-refractivity contribution in [1.29, 1.82) is 0 Å². The van der Waals surface area contributed by atoms with E-state index < -0.39 is 0 Å². The molecule has 1 atom stereocenters. The summed E-state index contributed by atoms with van der Waals surface area (Å²) in [5, 5.41) is 5.34. The third kappa shape index (κ3) is 6.75. The third-order valence-corrected chi connectivity index (χ3v) is 6.49. The number of halogens is 2. The molecule has 154 valence electrons. The molecular formula is C22H30Cl2N2OS. The number of Topliss-reactive ketones (excluding diaryl/α,β-unsaturated/α-hetero) is 1. The van der Waals surface area contributed by atoms with Gasteiger partial charge in [-0.15, -0.1) is 11.3 Å². The molecule has 2 aromatic rings. The summed E-state index contributed by atoms with van der Waals surface area (Å²) in [6.45, 7) is 8.90. The molecule has 0 amide bonds. The van der Waals surface area contributed by atoms with Crippen molar-refractivity contribution < 1.29 is 4.79 Å². The highest BCUT2D eigenvalue weighted by Crippen LogP contribution is 2.35. The largest absolute Gasteiger partial charge is 0.361 e. The highest BCUT2D eigenvalue weighted by atomic mass is 35.5. The molecule has 0 bridgehead atoms. The minimum Gasteiger partial charge on any atom is -0.361 e. The monoisotopic (exact) mass is 440 g/mol. The van der Waals surface area contributed by atoms with Gasteiger partial charge in [-0.3, -0.25) is 4.79 Å². The Hall–Kier alpha value is -1.10. The van der Waals surface area contributed by atoms with Gasteiger partial charge in [0.2, 0.25) is 0 Å². The number of hydrogen-bond acceptors (Lipinski definition) is 4. The first-order valence-corrected chi connectivity index (χ1v) is 11.6. The zero-order valence-electron chi connectivity index (χ0n) is 17.1. The van der Waals surface area contributed by atoms with Crippen LogP contribution in [-0.2, 0) is 11.2 Å². The van der Waals surface area contributed by atoms with Gasteiger partial charge in [0.1, 0.15) is 5.78 Å². The normalized spacial score (nSPS) is 12.4. The van der Waals surface area contributed by atoms with Crippen LogP contribution in [0.15, 0.2) is 18.2 Å². The molecule has 0 fully saturated rings. The van der Waals surface area contributed by atoms with E-state index in [4.69, 9.17) is 28.2 Å². The molecule has 0 radical (unpaired) electrons. The zero-order chi connectivity index (χ0) is 20.7. The number of thiazole rings is 1. The van der Waals surface area contributed by atoms with Gasteiger partial charge in [-0.1, -0.05) is 69.3 Å². The third-order valence-electron chi connectivity index (χ3n) is 4.71. The number of unbranched alkanes of at least 4 members (excludes halogenated alkanes) is 2. The molecule has 0 aliphatic heterocycles. The number of nitrogens with zero attached hydrogens (tertiary/aromatic N) is 1. The Balaban J connectivity index is 2.19. The number of nitrogens with one attached hydrogen (secondary N) is 1. The fourth-order valence-electron chi connectivity index (χ4n) is 3.11. The number of benzene rings is 1. The van der Waals surface area contributed by atoms with Crippen molar-refractivity contribution in [2.75, 3.05) is 11.9 Å². The van der Waals surface area contributed by atoms with Crippen LogP contribution < -0.4 is 5.32 Å². The summed E-state index contributed by atoms with van der Waals surface area (Å²) in [7, 11) is 0. The molecule has 1 unspecified atom stereocenters. The van der Waals surface area contributed by atoms with Gasteiger partial charge in [-0.25, -0.2) is 4.98 Å². The number of anilines is 1. The molecule has 28 heavy (non-hydrogen) atoms. The Kier molecular flexibility index (Phi) is 9.26. The van der Waals surface area contributed by atoms with Crippen LogP contribution in [0.2, 0.25) is 10.0 Å². The van der Waals surface area contributed by atoms with Crippen molar-refractivity contribution in [3.05, 3.63) is 33.1 Å². The molecule has 1 heterocycles. The van der Waals surface area contributed by atoms with E-state index in [9.17, 15) is 4.79 Å². The fraction of sp³-hybridized carbons (Fsp3) is 0.545. The van der Waals surface area contributed by atoms with E-state index in [2.05, 4.69) is 26.1 Å². The van der Waals surface area contributed by atoms with Gasteiger partial charge < -0.3 is 5.32 Å². The number of hydrogen-bond donors (Lipinski definition) is 1. The molecule has 6 heteroatoms. The van der Waals surface area contributed by atoms with Crippen LogP contribution in [0.1, 0.15) is 58.3 Å². The maximum atomic E-state index is 12.0. The Bertz CT molecular complexity index is 789. The predicted molar refractivity (Wildman–Crippen MR) is 123 cm³/mol. The molecule has 3 nitrogen and oxygen atoms in total. The van der Waals surface area contributed by atoms with E-state index >= 15 is 0 Å². The van der Waals surface area contributed by atoms with Crippen molar-refractivity contribution in [3.63, 3.8) is 0 Å². The summed E-state index contributed by atoms with van der Waals surface area (Å²) in [6.07, 6.45) is 5.30. The second-order valence-corrected chi connectivity index (χ2v) is 9.60. The average molecular weight is 441 g/mol. The lowest BCUT2D eigenvalue weighted by Gasteiger charge is -2.13. The van der Waals surface area contributed by atoms with Crippen molar-refractivity contribution in [1.82, 2.24) is 4.98 Å². The minimum absolute atomic E-state index is 0.0393. The van der Waals surface area contributed by atoms with Gasteiger partial charge in [-0.05, 0) is 37.8 Å². The highest BCUT2D eigenvalue weighted by molar-refractivity contribution is 7.16. The Morgan fingerprint density at radius 1 is 1.21 bits per heavy atom. The van der Waals surface area contributed by atoms with Crippen LogP contribution in [0.5, 0.6) is 0 Å². The lowest BCUT2D eigenvalue weighted by Crippen LogP contribution is -2.21. The number of rotatable bonds is 11. The number of carbonyl (C=O) groups is 1. The van der Waals surface area contributed by atoms with Crippen LogP contribution >= 0.6 is 34.5 Å². The molecular weight excluding hydrogens is 411 g/mol. The van der Waals surface area contributed by atoms with Gasteiger partial charge in [0, 0.05) is 22.9 Å². The van der Waals surface area contributed by atoms with Crippen molar-refractivity contribution in [2.24, 2.45) is 11.8 Å². The van der Waals surface area contributed by atoms with Crippen LogP contribution in [0.3, 0.4) is 0 Å². The Morgan fingerprint density at radius 3 is 2.57 bits per heavy atom. The van der Waals surface area contributed by atoms with Gasteiger partial charge in [0.25, 0.3) is 0 Å². The molecule has 0 spiro atoms. The van der Waals surface area contributed by atoms with E-state index in [0.29, 0.717) is 22.5 Å². The maximum Gasteiger partial charge on any atom is 0.183 e. The molecule has 0 saturated heterocycles. The van der Waals surface area contributed by atoms with Gasteiger partial charge >= 0.3 is 0 Å². The molecule has 1 aromatic carbocycles. The molecule has 1 aromatic heterocycles. The van der Waals surface area contributed by atoms with Crippen molar-refractivity contribution in [2.45, 2.75) is 59.8 Å². The summed E-state index contributed by atoms with van der Waals surface area (Å²) in [4.78, 5) is 18.0. The van der Waals surface area contributed by atoms with Crippen LogP contribution in [0.4, 0.5) is 5.13 Å². The van der Waals surface area contributed by atoms with E-state index in [1.54, 1.807) is 18.3 Å². The van der Waals surface area contributed by atoms with E-state index in [-0.39, 0.29) is 11.7 Å². The fourth-order valence-corrected chi connectivity index (χ4v) is 4.61. The predicted octanol–water partition coefficient (Wildman–Crippen LogP) is 7.51. The lowest BCUT2D eigenvalue weighted by atomic mass is 9.97. The molecule has 1 N–H and O–H groups in total. The molecule has 0 aliphatic carbocycles. The number of carbonyl (C=O) groups excluding carboxylic acids is 1. The summed E-state index contributed by atoms with van der Waals surface area (Å²) in [5.41, 5.74) is 1.92. The molecule has 2 rings (SSSR count). The van der Waals surface area contributed by atoms with E-state index in [1.807, 2.05) is 18.2 Å². The maximum absolute atomic E-state index is 12.0. The topological polar surface area (TPSA) is 42.0 Å². The van der Waals surface area contributed by atoms with Crippen molar-refractivity contribution >= 4 is 45.5 Å². The highest BCUT2D eigenvalue weighted by Gasteiger charge is 2.18. The van der Waals surface area contributed by atoms with Crippen LogP contribution in [-0.4, -0.2) is 17.3 Å². The minimum atomic E-state index is 0.0393. The zero-order valence-corrected chi connectivity index (χ0v) is 19.5. The Labute approximate surface area is 182 Å². The smallest absolute Gasteiger partial charge is 0.183 e. The number of aromatic nitrogens is 1. The summed E-state index contributed by atoms with van der Waals surface area (Å²) in [5.74, 6) is 0.804. The standard InChI is InChI=1S/C22H30Cl2N2OS/c1-5-6-7-8-17(15(4)27)13-25-22-26-21(20(28-22)11-14(2)3)16-9-10-18(23)19(24)12-16/h9-10,12,14,17H,5-8,11,13H2,1-4H3,(H,25,26). The lowest BCUT2D eigenvalue weighted by molar-refractivity contribution is -0.120. The van der Waals surface area contributed by atoms with Gasteiger partial charge in [0.15, 0.2) is 5.13 Å². The molecule has 0 saturated carbocycles. The van der Waals surface area contributed by atoms with Crippen LogP contribution in [0, 0.1) is 11.8 Å². The SMILES string of the molecule is CCCCCC(CNc1nc(-c2ccc(Cl)c(Cl)c2)c(CC(C)C)s1)C(C)=O. The summed E-state index contributed by atoms with van der Waals surface area (Å²) >= 11 is 14.0. The second-order valence-electron chi connectivity index (χ2n) is 7.70. The van der Waals surface area contributed by atoms with Gasteiger partial charge in [0.05, 0.1) is 15.7 Å². The number of ketones is 1. The van der Waals surface area contributed by atoms with E-state index in [0.717, 1.165) is 42.1 Å². The first kappa shape index (κ1) is 23.2. The first-order chi connectivity index (χ1) is 13.3. The average Bonchev–Trinajstić information content (AvgIpc) is 3.02. The van der Waals surface area contributed by atoms with E-state index in [1.165, 1.54) is 11.3 Å². The Morgan fingerprint density at radius 2 is 1.96 bits per heavy atom. The summed E-state index contributed by atoms with van der Waals surface area (Å²) in [6, 6.07) is 5.64.